The first-order valence-corrected chi connectivity index (χ1v) is 6.45. The molecular formula is C14H20FNO2. The van der Waals surface area contributed by atoms with Crippen molar-refractivity contribution in [2.24, 2.45) is 0 Å². The van der Waals surface area contributed by atoms with Crippen molar-refractivity contribution in [3.8, 4) is 0 Å². The molecule has 0 saturated carbocycles. The van der Waals surface area contributed by atoms with Crippen molar-refractivity contribution in [2.75, 3.05) is 37.8 Å². The number of nitrogens with zero attached hydrogens (tertiary/aromatic N) is 1. The molecule has 0 amide bonds. The molecule has 18 heavy (non-hydrogen) atoms. The van der Waals surface area contributed by atoms with Crippen LogP contribution in [0.2, 0.25) is 0 Å². The molecule has 0 fully saturated rings. The summed E-state index contributed by atoms with van der Waals surface area (Å²) in [5, 5.41) is 8.64. The average Bonchev–Trinajstić information content (AvgIpc) is 2.34. The van der Waals surface area contributed by atoms with Gasteiger partial charge in [-0.05, 0) is 37.0 Å². The number of aryl methyl sites for hydroxylation is 2. The first-order chi connectivity index (χ1) is 8.72. The summed E-state index contributed by atoms with van der Waals surface area (Å²) in [5.74, 6) is -0.133. The van der Waals surface area contributed by atoms with Gasteiger partial charge in [-0.25, -0.2) is 4.39 Å². The van der Waals surface area contributed by atoms with E-state index in [4.69, 9.17) is 9.84 Å². The summed E-state index contributed by atoms with van der Waals surface area (Å²) in [4.78, 5) is 2.05. The lowest BCUT2D eigenvalue weighted by molar-refractivity contribution is 0.0964. The fraction of sp³-hybridized carbons (Fsp3) is 0.571. The highest BCUT2D eigenvalue weighted by Gasteiger charge is 2.20. The molecule has 1 N–H and O–H groups in total. The molecule has 0 saturated heterocycles. The Balaban J connectivity index is 2.07. The normalized spacial score (nSPS) is 14.7. The van der Waals surface area contributed by atoms with Gasteiger partial charge in [-0.1, -0.05) is 6.07 Å². The first kappa shape index (κ1) is 13.3. The van der Waals surface area contributed by atoms with Gasteiger partial charge in [-0.15, -0.1) is 0 Å². The highest BCUT2D eigenvalue weighted by molar-refractivity contribution is 5.57. The molecule has 0 aliphatic carbocycles. The quantitative estimate of drug-likeness (QED) is 0.813. The van der Waals surface area contributed by atoms with Gasteiger partial charge in [0.05, 0.1) is 25.5 Å². The van der Waals surface area contributed by atoms with Gasteiger partial charge in [0.15, 0.2) is 0 Å². The van der Waals surface area contributed by atoms with E-state index in [1.807, 2.05) is 11.8 Å². The molecule has 0 unspecified atom stereocenters. The van der Waals surface area contributed by atoms with E-state index in [0.29, 0.717) is 19.8 Å². The van der Waals surface area contributed by atoms with Crippen LogP contribution in [0.15, 0.2) is 12.1 Å². The fourth-order valence-corrected chi connectivity index (χ4v) is 2.49. The highest BCUT2D eigenvalue weighted by Crippen LogP contribution is 2.30. The van der Waals surface area contributed by atoms with E-state index in [9.17, 15) is 4.39 Å². The molecule has 0 bridgehead atoms. The summed E-state index contributed by atoms with van der Waals surface area (Å²) in [6, 6.07) is 3.66. The maximum Gasteiger partial charge on any atom is 0.147 e. The van der Waals surface area contributed by atoms with Crippen molar-refractivity contribution < 1.29 is 14.2 Å². The lowest BCUT2D eigenvalue weighted by Crippen LogP contribution is -2.33. The zero-order valence-electron chi connectivity index (χ0n) is 10.8. The second kappa shape index (κ2) is 6.16. The predicted molar refractivity (Wildman–Crippen MR) is 69.6 cm³/mol. The van der Waals surface area contributed by atoms with Crippen molar-refractivity contribution in [1.29, 1.82) is 0 Å². The van der Waals surface area contributed by atoms with Crippen molar-refractivity contribution in [1.82, 2.24) is 0 Å². The van der Waals surface area contributed by atoms with E-state index < -0.39 is 0 Å². The number of hydrogen-bond donors (Lipinski definition) is 1. The Morgan fingerprint density at radius 1 is 1.39 bits per heavy atom. The number of ether oxygens (including phenoxy) is 1. The van der Waals surface area contributed by atoms with Gasteiger partial charge in [0.25, 0.3) is 0 Å². The van der Waals surface area contributed by atoms with E-state index in [0.717, 1.165) is 36.2 Å². The van der Waals surface area contributed by atoms with E-state index in [1.165, 1.54) is 0 Å². The topological polar surface area (TPSA) is 32.7 Å². The molecule has 100 valence electrons. The van der Waals surface area contributed by atoms with Crippen molar-refractivity contribution in [2.45, 2.75) is 19.8 Å². The number of aliphatic hydroxyl groups is 1. The molecule has 1 aliphatic heterocycles. The third kappa shape index (κ3) is 3.00. The predicted octanol–water partition coefficient (Wildman–Crippen LogP) is 1.90. The van der Waals surface area contributed by atoms with Crippen LogP contribution in [-0.4, -0.2) is 38.0 Å². The lowest BCUT2D eigenvalue weighted by atomic mass is 9.99. The minimum Gasteiger partial charge on any atom is -0.394 e. The van der Waals surface area contributed by atoms with Gasteiger partial charge in [0.1, 0.15) is 5.82 Å². The largest absolute Gasteiger partial charge is 0.394 e. The third-order valence-electron chi connectivity index (χ3n) is 3.22. The Hall–Kier alpha value is -1.13. The zero-order chi connectivity index (χ0) is 13.0. The standard InChI is InChI=1S/C14H20FNO2/c1-11-9-12-3-2-4-16(5-7-18-8-6-17)14(12)13(15)10-11/h9-10,17H,2-8H2,1H3. The smallest absolute Gasteiger partial charge is 0.147 e. The maximum atomic E-state index is 14.0. The van der Waals surface area contributed by atoms with Crippen molar-refractivity contribution >= 4 is 5.69 Å². The van der Waals surface area contributed by atoms with Crippen LogP contribution >= 0.6 is 0 Å². The zero-order valence-corrected chi connectivity index (χ0v) is 10.8. The summed E-state index contributed by atoms with van der Waals surface area (Å²) < 4.78 is 19.3. The van der Waals surface area contributed by atoms with Crippen LogP contribution in [0.25, 0.3) is 0 Å². The van der Waals surface area contributed by atoms with Crippen LogP contribution in [0.1, 0.15) is 17.5 Å². The molecule has 2 rings (SSSR count). The van der Waals surface area contributed by atoms with E-state index >= 15 is 0 Å². The van der Waals surface area contributed by atoms with Gasteiger partial charge >= 0.3 is 0 Å². The summed E-state index contributed by atoms with van der Waals surface area (Å²) in [6.07, 6.45) is 2.00. The van der Waals surface area contributed by atoms with Crippen LogP contribution in [0.5, 0.6) is 0 Å². The van der Waals surface area contributed by atoms with E-state index in [2.05, 4.69) is 6.07 Å². The Kier molecular flexibility index (Phi) is 4.55. The second-order valence-electron chi connectivity index (χ2n) is 4.68. The number of anilines is 1. The molecule has 1 aliphatic rings. The van der Waals surface area contributed by atoms with Gasteiger partial charge in [0.2, 0.25) is 0 Å². The molecule has 0 aromatic heterocycles. The summed E-state index contributed by atoms with van der Waals surface area (Å²) in [5.41, 5.74) is 2.81. The molecule has 1 heterocycles. The number of benzene rings is 1. The third-order valence-corrected chi connectivity index (χ3v) is 3.22. The summed E-state index contributed by atoms with van der Waals surface area (Å²) in [7, 11) is 0. The second-order valence-corrected chi connectivity index (χ2v) is 4.68. The van der Waals surface area contributed by atoms with Gasteiger partial charge in [-0.3, -0.25) is 0 Å². The van der Waals surface area contributed by atoms with Gasteiger partial charge < -0.3 is 14.7 Å². The van der Waals surface area contributed by atoms with Crippen molar-refractivity contribution in [3.63, 3.8) is 0 Å². The molecule has 4 heteroatoms. The number of rotatable bonds is 5. The number of fused-ring (bicyclic) bond motifs is 1. The van der Waals surface area contributed by atoms with Crippen molar-refractivity contribution in [3.05, 3.63) is 29.1 Å². The fourth-order valence-electron chi connectivity index (χ4n) is 2.49. The van der Waals surface area contributed by atoms with Crippen LogP contribution in [0.3, 0.4) is 0 Å². The molecule has 0 spiro atoms. The Morgan fingerprint density at radius 3 is 3.00 bits per heavy atom. The minimum atomic E-state index is -0.133. The van der Waals surface area contributed by atoms with Gasteiger partial charge in [0, 0.05) is 13.1 Å². The van der Waals surface area contributed by atoms with Crippen LogP contribution in [0.4, 0.5) is 10.1 Å². The molecule has 1 aromatic rings. The summed E-state index contributed by atoms with van der Waals surface area (Å²) in [6.45, 7) is 4.36. The maximum absolute atomic E-state index is 14.0. The Labute approximate surface area is 107 Å². The Morgan fingerprint density at radius 2 is 2.22 bits per heavy atom. The molecule has 1 aromatic carbocycles. The first-order valence-electron chi connectivity index (χ1n) is 6.45. The Bertz CT molecular complexity index is 409. The van der Waals surface area contributed by atoms with E-state index in [-0.39, 0.29) is 12.4 Å². The number of halogens is 1. The van der Waals surface area contributed by atoms with Crippen LogP contribution < -0.4 is 4.90 Å². The number of hydrogen-bond acceptors (Lipinski definition) is 3. The molecule has 0 radical (unpaired) electrons. The molecule has 3 nitrogen and oxygen atoms in total. The lowest BCUT2D eigenvalue weighted by Gasteiger charge is -2.31. The van der Waals surface area contributed by atoms with Crippen LogP contribution in [0, 0.1) is 12.7 Å². The van der Waals surface area contributed by atoms with E-state index in [1.54, 1.807) is 6.07 Å². The van der Waals surface area contributed by atoms with Crippen LogP contribution in [-0.2, 0) is 11.2 Å². The molecule has 0 atom stereocenters. The SMILES string of the molecule is Cc1cc(F)c2c(c1)CCCN2CCOCCO. The highest BCUT2D eigenvalue weighted by atomic mass is 19.1. The minimum absolute atomic E-state index is 0.0319. The summed E-state index contributed by atoms with van der Waals surface area (Å²) >= 11 is 0. The van der Waals surface area contributed by atoms with Gasteiger partial charge in [-0.2, -0.15) is 0 Å². The number of aliphatic hydroxyl groups excluding tert-OH is 1. The monoisotopic (exact) mass is 253 g/mol. The average molecular weight is 253 g/mol. The molecular weight excluding hydrogens is 233 g/mol.